The zero-order valence-corrected chi connectivity index (χ0v) is 12.8. The molecule has 0 spiro atoms. The number of benzene rings is 2. The van der Waals surface area contributed by atoms with Gasteiger partial charge in [0.2, 0.25) is 0 Å². The van der Waals surface area contributed by atoms with Gasteiger partial charge in [0.1, 0.15) is 11.5 Å². The Balaban J connectivity index is 2.04. The van der Waals surface area contributed by atoms with Crippen molar-refractivity contribution in [2.75, 3.05) is 11.9 Å². The van der Waals surface area contributed by atoms with E-state index in [-0.39, 0.29) is 16.8 Å². The molecule has 0 saturated carbocycles. The highest BCUT2D eigenvalue weighted by atomic mass is 32.1. The Labute approximate surface area is 133 Å². The SMILES string of the molecule is CCOc1ccccc1C(=O)NC(=S)Nc1cccc(O)c1. The Kier molecular flexibility index (Phi) is 5.32. The monoisotopic (exact) mass is 316 g/mol. The number of hydrogen-bond donors (Lipinski definition) is 3. The second kappa shape index (κ2) is 7.42. The van der Waals surface area contributed by atoms with E-state index >= 15 is 0 Å². The van der Waals surface area contributed by atoms with Crippen LogP contribution < -0.4 is 15.4 Å². The van der Waals surface area contributed by atoms with Crippen LogP contribution in [0, 0.1) is 0 Å². The van der Waals surface area contributed by atoms with Gasteiger partial charge in [0.15, 0.2) is 5.11 Å². The minimum absolute atomic E-state index is 0.112. The Bertz CT molecular complexity index is 689. The normalized spacial score (nSPS) is 9.86. The first-order valence-corrected chi connectivity index (χ1v) is 7.14. The highest BCUT2D eigenvalue weighted by Crippen LogP contribution is 2.18. The molecule has 1 amide bonds. The van der Waals surface area contributed by atoms with Gasteiger partial charge in [-0.25, -0.2) is 0 Å². The highest BCUT2D eigenvalue weighted by molar-refractivity contribution is 7.80. The van der Waals surface area contributed by atoms with E-state index in [4.69, 9.17) is 17.0 Å². The van der Waals surface area contributed by atoms with Crippen LogP contribution in [0.15, 0.2) is 48.5 Å². The minimum atomic E-state index is -0.360. The van der Waals surface area contributed by atoms with Crippen LogP contribution in [-0.4, -0.2) is 22.7 Å². The van der Waals surface area contributed by atoms with Gasteiger partial charge in [0, 0.05) is 11.8 Å². The van der Waals surface area contributed by atoms with Gasteiger partial charge in [-0.05, 0) is 43.4 Å². The van der Waals surface area contributed by atoms with Crippen molar-refractivity contribution in [2.45, 2.75) is 6.92 Å². The summed E-state index contributed by atoms with van der Waals surface area (Å²) in [5, 5.41) is 15.0. The van der Waals surface area contributed by atoms with E-state index in [1.165, 1.54) is 6.07 Å². The Morgan fingerprint density at radius 2 is 2.00 bits per heavy atom. The zero-order valence-electron chi connectivity index (χ0n) is 12.0. The molecule has 2 rings (SSSR count). The van der Waals surface area contributed by atoms with Gasteiger partial charge in [-0.2, -0.15) is 0 Å². The van der Waals surface area contributed by atoms with Crippen LogP contribution >= 0.6 is 12.2 Å². The summed E-state index contributed by atoms with van der Waals surface area (Å²) in [6.45, 7) is 2.32. The number of para-hydroxylation sites is 1. The second-order valence-corrected chi connectivity index (χ2v) is 4.80. The lowest BCUT2D eigenvalue weighted by atomic mass is 10.2. The standard InChI is InChI=1S/C16H16N2O3S/c1-2-21-14-9-4-3-8-13(14)15(20)18-16(22)17-11-6-5-7-12(19)10-11/h3-10,19H,2H2,1H3,(H2,17,18,20,22). The molecule has 0 unspecified atom stereocenters. The van der Waals surface area contributed by atoms with Crippen molar-refractivity contribution in [2.24, 2.45) is 0 Å². The molecular weight excluding hydrogens is 300 g/mol. The van der Waals surface area contributed by atoms with Crippen molar-refractivity contribution in [3.63, 3.8) is 0 Å². The quantitative estimate of drug-likeness (QED) is 0.757. The van der Waals surface area contributed by atoms with Crippen LogP contribution in [0.2, 0.25) is 0 Å². The number of amides is 1. The van der Waals surface area contributed by atoms with Crippen molar-refractivity contribution in [1.29, 1.82) is 0 Å². The van der Waals surface area contributed by atoms with E-state index in [1.54, 1.807) is 42.5 Å². The number of aromatic hydroxyl groups is 1. The molecule has 5 nitrogen and oxygen atoms in total. The summed E-state index contributed by atoms with van der Waals surface area (Å²) in [7, 11) is 0. The number of thiocarbonyl (C=S) groups is 1. The maximum Gasteiger partial charge on any atom is 0.261 e. The number of ether oxygens (including phenoxy) is 1. The van der Waals surface area contributed by atoms with Crippen molar-refractivity contribution >= 4 is 28.9 Å². The van der Waals surface area contributed by atoms with Gasteiger partial charge in [-0.15, -0.1) is 0 Å². The van der Waals surface area contributed by atoms with Crippen LogP contribution in [-0.2, 0) is 0 Å². The Morgan fingerprint density at radius 3 is 2.73 bits per heavy atom. The topological polar surface area (TPSA) is 70.6 Å². The van der Waals surface area contributed by atoms with Gasteiger partial charge in [-0.3, -0.25) is 10.1 Å². The van der Waals surface area contributed by atoms with Crippen molar-refractivity contribution < 1.29 is 14.6 Å². The van der Waals surface area contributed by atoms with E-state index < -0.39 is 0 Å². The van der Waals surface area contributed by atoms with Crippen molar-refractivity contribution in [3.05, 3.63) is 54.1 Å². The van der Waals surface area contributed by atoms with Gasteiger partial charge in [0.25, 0.3) is 5.91 Å². The second-order valence-electron chi connectivity index (χ2n) is 4.39. The molecule has 0 aromatic heterocycles. The van der Waals surface area contributed by atoms with Crippen molar-refractivity contribution in [1.82, 2.24) is 5.32 Å². The molecule has 0 aliphatic heterocycles. The number of phenols is 1. The first-order valence-electron chi connectivity index (χ1n) is 6.73. The molecule has 2 aromatic rings. The lowest BCUT2D eigenvalue weighted by Crippen LogP contribution is -2.34. The predicted molar refractivity (Wildman–Crippen MR) is 89.4 cm³/mol. The molecule has 0 aliphatic carbocycles. The fraction of sp³-hybridized carbons (Fsp3) is 0.125. The predicted octanol–water partition coefficient (Wildman–Crippen LogP) is 2.92. The number of rotatable bonds is 4. The molecule has 114 valence electrons. The molecule has 0 atom stereocenters. The summed E-state index contributed by atoms with van der Waals surface area (Å²) < 4.78 is 5.42. The minimum Gasteiger partial charge on any atom is -0.508 e. The number of nitrogens with one attached hydrogen (secondary N) is 2. The van der Waals surface area contributed by atoms with Gasteiger partial charge >= 0.3 is 0 Å². The number of phenolic OH excluding ortho intramolecular Hbond substituents is 1. The largest absolute Gasteiger partial charge is 0.508 e. The fourth-order valence-corrected chi connectivity index (χ4v) is 2.06. The fourth-order valence-electron chi connectivity index (χ4n) is 1.85. The van der Waals surface area contributed by atoms with Crippen LogP contribution in [0.4, 0.5) is 5.69 Å². The molecule has 0 fully saturated rings. The highest BCUT2D eigenvalue weighted by Gasteiger charge is 2.13. The first-order chi connectivity index (χ1) is 10.6. The average Bonchev–Trinajstić information content (AvgIpc) is 2.48. The third kappa shape index (κ3) is 4.20. The van der Waals surface area contributed by atoms with E-state index in [0.717, 1.165) is 0 Å². The van der Waals surface area contributed by atoms with E-state index in [2.05, 4.69) is 10.6 Å². The van der Waals surface area contributed by atoms with Crippen LogP contribution in [0.5, 0.6) is 11.5 Å². The molecule has 0 bridgehead atoms. The summed E-state index contributed by atoms with van der Waals surface area (Å²) in [4.78, 5) is 12.2. The van der Waals surface area contributed by atoms with Gasteiger partial charge in [-0.1, -0.05) is 18.2 Å². The molecule has 0 heterocycles. The molecule has 22 heavy (non-hydrogen) atoms. The smallest absolute Gasteiger partial charge is 0.261 e. The first kappa shape index (κ1) is 15.8. The Hall–Kier alpha value is -2.60. The summed E-state index contributed by atoms with van der Waals surface area (Å²) in [6.07, 6.45) is 0. The van der Waals surface area contributed by atoms with Gasteiger partial charge < -0.3 is 15.2 Å². The number of anilines is 1. The molecule has 6 heteroatoms. The lowest BCUT2D eigenvalue weighted by molar-refractivity contribution is 0.0974. The maximum absolute atomic E-state index is 12.2. The molecular formula is C16H16N2O3S. The van der Waals surface area contributed by atoms with Gasteiger partial charge in [0.05, 0.1) is 12.2 Å². The molecule has 0 saturated heterocycles. The number of hydrogen-bond acceptors (Lipinski definition) is 4. The summed E-state index contributed by atoms with van der Waals surface area (Å²) >= 11 is 5.10. The summed E-state index contributed by atoms with van der Waals surface area (Å²) in [6, 6.07) is 13.4. The van der Waals surface area contributed by atoms with Crippen LogP contribution in [0.25, 0.3) is 0 Å². The third-order valence-electron chi connectivity index (χ3n) is 2.76. The van der Waals surface area contributed by atoms with Crippen molar-refractivity contribution in [3.8, 4) is 11.5 Å². The zero-order chi connectivity index (χ0) is 15.9. The Morgan fingerprint density at radius 1 is 1.23 bits per heavy atom. The van der Waals surface area contributed by atoms with Crippen LogP contribution in [0.3, 0.4) is 0 Å². The van der Waals surface area contributed by atoms with E-state index in [0.29, 0.717) is 23.6 Å². The summed E-state index contributed by atoms with van der Waals surface area (Å²) in [5.74, 6) is 0.255. The number of carbonyl (C=O) groups excluding carboxylic acids is 1. The molecule has 3 N–H and O–H groups in total. The van der Waals surface area contributed by atoms with E-state index in [1.807, 2.05) is 6.92 Å². The average molecular weight is 316 g/mol. The van der Waals surface area contributed by atoms with E-state index in [9.17, 15) is 9.90 Å². The maximum atomic E-state index is 12.2. The lowest BCUT2D eigenvalue weighted by Gasteiger charge is -2.12. The van der Waals surface area contributed by atoms with Crippen LogP contribution in [0.1, 0.15) is 17.3 Å². The third-order valence-corrected chi connectivity index (χ3v) is 2.97. The molecule has 0 radical (unpaired) electrons. The molecule has 2 aromatic carbocycles. The summed E-state index contributed by atoms with van der Waals surface area (Å²) in [5.41, 5.74) is 0.993. The number of carbonyl (C=O) groups is 1. The molecule has 0 aliphatic rings.